The predicted molar refractivity (Wildman–Crippen MR) is 46.8 cm³/mol. The van der Waals surface area contributed by atoms with Crippen molar-refractivity contribution in [3.63, 3.8) is 0 Å². The summed E-state index contributed by atoms with van der Waals surface area (Å²) in [5.74, 6) is -0.955. The van der Waals surface area contributed by atoms with Crippen molar-refractivity contribution in [1.29, 1.82) is 0 Å². The quantitative estimate of drug-likeness (QED) is 0.621. The molecule has 0 aromatic carbocycles. The molecule has 0 atom stereocenters. The van der Waals surface area contributed by atoms with Crippen LogP contribution in [0.1, 0.15) is 27.2 Å². The molecular formula is C9H15O4. The second-order valence-electron chi connectivity index (χ2n) is 3.52. The number of rotatable bonds is 3. The Balaban J connectivity index is 3.71. The lowest BCUT2D eigenvalue weighted by atomic mass is 10.2. The molecule has 0 saturated carbocycles. The first-order valence-electron chi connectivity index (χ1n) is 3.98. The summed E-state index contributed by atoms with van der Waals surface area (Å²) in [6.07, 6.45) is 1.10. The van der Waals surface area contributed by atoms with E-state index in [-0.39, 0.29) is 6.42 Å². The average molecular weight is 187 g/mol. The van der Waals surface area contributed by atoms with E-state index in [1.807, 2.05) is 0 Å². The summed E-state index contributed by atoms with van der Waals surface area (Å²) in [5.41, 5.74) is -0.513. The third-order valence-electron chi connectivity index (χ3n) is 1.06. The highest BCUT2D eigenvalue weighted by molar-refractivity contribution is 5.85. The Morgan fingerprint density at radius 1 is 1.31 bits per heavy atom. The average Bonchev–Trinajstić information content (AvgIpc) is 1.97. The third-order valence-corrected chi connectivity index (χ3v) is 1.06. The SMILES string of the molecule is COC(=O)[CH]CC(=O)OC(C)(C)C. The fraction of sp³-hybridized carbons (Fsp3) is 0.667. The first-order chi connectivity index (χ1) is 5.85. The number of carbonyl (C=O) groups excluding carboxylic acids is 2. The maximum Gasteiger partial charge on any atom is 0.310 e. The van der Waals surface area contributed by atoms with Gasteiger partial charge >= 0.3 is 11.9 Å². The Kier molecular flexibility index (Phi) is 4.45. The third kappa shape index (κ3) is 7.31. The molecule has 0 amide bonds. The standard InChI is InChI=1S/C9H15O4/c1-9(2,3)13-8(11)6-5-7(10)12-4/h5H,6H2,1-4H3. The number of ether oxygens (including phenoxy) is 2. The van der Waals surface area contributed by atoms with Gasteiger partial charge in [-0.2, -0.15) is 0 Å². The molecule has 0 aliphatic carbocycles. The maximum absolute atomic E-state index is 11.0. The molecule has 0 heterocycles. The number of hydrogen-bond donors (Lipinski definition) is 0. The van der Waals surface area contributed by atoms with Crippen LogP contribution in [0.3, 0.4) is 0 Å². The number of methoxy groups -OCH3 is 1. The van der Waals surface area contributed by atoms with Crippen molar-refractivity contribution in [1.82, 2.24) is 0 Å². The molecule has 0 rings (SSSR count). The summed E-state index contributed by atoms with van der Waals surface area (Å²) < 4.78 is 9.28. The molecule has 0 aliphatic heterocycles. The zero-order valence-corrected chi connectivity index (χ0v) is 8.42. The Bertz CT molecular complexity index is 190. The summed E-state index contributed by atoms with van der Waals surface area (Å²) in [4.78, 5) is 21.6. The fourth-order valence-electron chi connectivity index (χ4n) is 0.633. The van der Waals surface area contributed by atoms with E-state index >= 15 is 0 Å². The lowest BCUT2D eigenvalue weighted by molar-refractivity contribution is -0.155. The van der Waals surface area contributed by atoms with Crippen LogP contribution in [0.15, 0.2) is 0 Å². The number of carbonyl (C=O) groups is 2. The molecule has 1 radical (unpaired) electrons. The van der Waals surface area contributed by atoms with Crippen LogP contribution < -0.4 is 0 Å². The van der Waals surface area contributed by atoms with Crippen LogP contribution in [0.2, 0.25) is 0 Å². The van der Waals surface area contributed by atoms with Crippen LogP contribution in [-0.4, -0.2) is 24.6 Å². The van der Waals surface area contributed by atoms with Crippen LogP contribution >= 0.6 is 0 Å². The van der Waals surface area contributed by atoms with Crippen molar-refractivity contribution in [2.75, 3.05) is 7.11 Å². The van der Waals surface area contributed by atoms with Gasteiger partial charge in [-0.3, -0.25) is 9.59 Å². The minimum absolute atomic E-state index is 0.0516. The first-order valence-corrected chi connectivity index (χ1v) is 3.98. The number of hydrogen-bond acceptors (Lipinski definition) is 4. The van der Waals surface area contributed by atoms with Crippen molar-refractivity contribution in [2.45, 2.75) is 32.8 Å². The summed E-state index contributed by atoms with van der Waals surface area (Å²) in [6.45, 7) is 5.30. The zero-order chi connectivity index (χ0) is 10.5. The maximum atomic E-state index is 11.0. The van der Waals surface area contributed by atoms with Gasteiger partial charge in [-0.05, 0) is 20.8 Å². The van der Waals surface area contributed by atoms with Crippen molar-refractivity contribution in [2.24, 2.45) is 0 Å². The van der Waals surface area contributed by atoms with E-state index < -0.39 is 17.5 Å². The second-order valence-corrected chi connectivity index (χ2v) is 3.52. The van der Waals surface area contributed by atoms with E-state index in [9.17, 15) is 9.59 Å². The summed E-state index contributed by atoms with van der Waals surface area (Å²) in [7, 11) is 1.26. The molecule has 0 fully saturated rings. The van der Waals surface area contributed by atoms with Crippen molar-refractivity contribution in [3.05, 3.63) is 6.42 Å². The summed E-state index contributed by atoms with van der Waals surface area (Å²) >= 11 is 0. The fourth-order valence-corrected chi connectivity index (χ4v) is 0.633. The molecule has 4 heteroatoms. The first kappa shape index (κ1) is 11.9. The smallest absolute Gasteiger partial charge is 0.310 e. The van der Waals surface area contributed by atoms with Gasteiger partial charge in [0.1, 0.15) is 5.60 Å². The molecule has 0 spiro atoms. The van der Waals surface area contributed by atoms with Gasteiger partial charge in [-0.25, -0.2) is 0 Å². The van der Waals surface area contributed by atoms with Crippen LogP contribution in [0.25, 0.3) is 0 Å². The predicted octanol–water partition coefficient (Wildman–Crippen LogP) is 1.10. The summed E-state index contributed by atoms with van der Waals surface area (Å²) in [6, 6.07) is 0. The van der Waals surface area contributed by atoms with E-state index in [1.54, 1.807) is 20.8 Å². The molecule has 0 aromatic heterocycles. The lowest BCUT2D eigenvalue weighted by Crippen LogP contribution is -2.24. The normalized spacial score (nSPS) is 10.8. The Morgan fingerprint density at radius 3 is 2.23 bits per heavy atom. The molecule has 75 valence electrons. The number of esters is 2. The molecule has 0 aliphatic rings. The largest absolute Gasteiger partial charge is 0.469 e. The highest BCUT2D eigenvalue weighted by Crippen LogP contribution is 2.08. The van der Waals surface area contributed by atoms with Crippen LogP contribution in [0.5, 0.6) is 0 Å². The highest BCUT2D eigenvalue weighted by atomic mass is 16.6. The van der Waals surface area contributed by atoms with Gasteiger partial charge in [0, 0.05) is 0 Å². The van der Waals surface area contributed by atoms with Crippen LogP contribution in [0.4, 0.5) is 0 Å². The van der Waals surface area contributed by atoms with Gasteiger partial charge in [-0.15, -0.1) is 0 Å². The highest BCUT2D eigenvalue weighted by Gasteiger charge is 2.17. The lowest BCUT2D eigenvalue weighted by Gasteiger charge is -2.19. The van der Waals surface area contributed by atoms with E-state index in [4.69, 9.17) is 4.74 Å². The minimum atomic E-state index is -0.522. The molecule has 0 bridgehead atoms. The van der Waals surface area contributed by atoms with Gasteiger partial charge in [-0.1, -0.05) is 0 Å². The molecule has 0 saturated heterocycles. The molecule has 0 aromatic rings. The monoisotopic (exact) mass is 187 g/mol. The molecule has 0 unspecified atom stereocenters. The minimum Gasteiger partial charge on any atom is -0.469 e. The van der Waals surface area contributed by atoms with Crippen LogP contribution in [0, 0.1) is 6.42 Å². The van der Waals surface area contributed by atoms with Gasteiger partial charge in [0.25, 0.3) is 0 Å². The Labute approximate surface area is 78.2 Å². The van der Waals surface area contributed by atoms with Gasteiger partial charge in [0.2, 0.25) is 0 Å². The van der Waals surface area contributed by atoms with Crippen LogP contribution in [-0.2, 0) is 19.1 Å². The van der Waals surface area contributed by atoms with Crippen molar-refractivity contribution in [3.8, 4) is 0 Å². The van der Waals surface area contributed by atoms with E-state index in [0.29, 0.717) is 0 Å². The van der Waals surface area contributed by atoms with Crippen molar-refractivity contribution >= 4 is 11.9 Å². The van der Waals surface area contributed by atoms with E-state index in [0.717, 1.165) is 6.42 Å². The van der Waals surface area contributed by atoms with Gasteiger partial charge < -0.3 is 9.47 Å². The molecule has 13 heavy (non-hydrogen) atoms. The second kappa shape index (κ2) is 4.84. The molecule has 4 nitrogen and oxygen atoms in total. The van der Waals surface area contributed by atoms with E-state index in [2.05, 4.69) is 4.74 Å². The summed E-state index contributed by atoms with van der Waals surface area (Å²) in [5, 5.41) is 0. The van der Waals surface area contributed by atoms with Crippen molar-refractivity contribution < 1.29 is 19.1 Å². The molecular weight excluding hydrogens is 172 g/mol. The molecule has 0 N–H and O–H groups in total. The van der Waals surface area contributed by atoms with Gasteiger partial charge in [0.05, 0.1) is 20.0 Å². The topological polar surface area (TPSA) is 52.6 Å². The van der Waals surface area contributed by atoms with E-state index in [1.165, 1.54) is 7.11 Å². The zero-order valence-electron chi connectivity index (χ0n) is 8.42. The van der Waals surface area contributed by atoms with Gasteiger partial charge in [0.15, 0.2) is 0 Å². The Hall–Kier alpha value is -1.06. The Morgan fingerprint density at radius 2 is 1.85 bits per heavy atom.